The molecule has 1 amide bonds. The summed E-state index contributed by atoms with van der Waals surface area (Å²) in [6.07, 6.45) is 9.15. The van der Waals surface area contributed by atoms with Crippen molar-refractivity contribution in [3.63, 3.8) is 0 Å². The van der Waals surface area contributed by atoms with Crippen LogP contribution in [-0.4, -0.2) is 42.1 Å². The highest BCUT2D eigenvalue weighted by Crippen LogP contribution is 2.27. The van der Waals surface area contributed by atoms with E-state index in [0.29, 0.717) is 27.9 Å². The molecule has 6 heteroatoms. The summed E-state index contributed by atoms with van der Waals surface area (Å²) in [4.78, 5) is 14.8. The molecule has 144 valence electrons. The van der Waals surface area contributed by atoms with Crippen LogP contribution in [0.25, 0.3) is 0 Å². The summed E-state index contributed by atoms with van der Waals surface area (Å²) in [6, 6.07) is 4.90. The molecule has 4 nitrogen and oxygen atoms in total. The summed E-state index contributed by atoms with van der Waals surface area (Å²) in [6.45, 7) is 3.72. The van der Waals surface area contributed by atoms with Crippen LogP contribution >= 0.6 is 23.2 Å². The maximum absolute atomic E-state index is 12.6. The summed E-state index contributed by atoms with van der Waals surface area (Å²) in [7, 11) is 0. The van der Waals surface area contributed by atoms with E-state index < -0.39 is 0 Å². The molecule has 1 heterocycles. The van der Waals surface area contributed by atoms with Gasteiger partial charge in [0.05, 0.1) is 29.0 Å². The zero-order valence-electron chi connectivity index (χ0n) is 15.3. The van der Waals surface area contributed by atoms with Crippen molar-refractivity contribution >= 4 is 34.8 Å². The Morgan fingerprint density at radius 1 is 1.12 bits per heavy atom. The lowest BCUT2D eigenvalue weighted by molar-refractivity contribution is -0.122. The van der Waals surface area contributed by atoms with Crippen molar-refractivity contribution in [2.24, 2.45) is 0 Å². The SMILES string of the molecule is CC(C(=O)Nc1ccc(Cl)cc1Cl)N1CCC(OC2CCCCC2)CC1. The standard InChI is InChI=1S/C20H28Cl2N2O2/c1-14(20(25)23-19-8-7-15(21)13-18(19)22)24-11-9-17(10-12-24)26-16-5-3-2-4-6-16/h7-8,13-14,16-17H,2-6,9-12H2,1H3,(H,23,25). The minimum Gasteiger partial charge on any atom is -0.375 e. The molecule has 1 atom stereocenters. The summed E-state index contributed by atoms with van der Waals surface area (Å²) in [5, 5.41) is 3.92. The van der Waals surface area contributed by atoms with E-state index >= 15 is 0 Å². The lowest BCUT2D eigenvalue weighted by Gasteiger charge is -2.37. The van der Waals surface area contributed by atoms with Crippen molar-refractivity contribution in [2.75, 3.05) is 18.4 Å². The van der Waals surface area contributed by atoms with Gasteiger partial charge in [0.1, 0.15) is 0 Å². The Kier molecular flexibility index (Phi) is 7.21. The lowest BCUT2D eigenvalue weighted by atomic mass is 9.97. The predicted octanol–water partition coefficient (Wildman–Crippen LogP) is 5.13. The van der Waals surface area contributed by atoms with E-state index in [1.54, 1.807) is 18.2 Å². The van der Waals surface area contributed by atoms with Gasteiger partial charge >= 0.3 is 0 Å². The van der Waals surface area contributed by atoms with Crippen LogP contribution < -0.4 is 5.32 Å². The Balaban J connectivity index is 1.46. The van der Waals surface area contributed by atoms with E-state index in [9.17, 15) is 4.79 Å². The third-order valence-electron chi connectivity index (χ3n) is 5.53. The number of benzene rings is 1. The lowest BCUT2D eigenvalue weighted by Crippen LogP contribution is -2.47. The summed E-state index contributed by atoms with van der Waals surface area (Å²) >= 11 is 12.1. The summed E-state index contributed by atoms with van der Waals surface area (Å²) < 4.78 is 6.29. The average molecular weight is 399 g/mol. The van der Waals surface area contributed by atoms with Crippen LogP contribution in [0, 0.1) is 0 Å². The van der Waals surface area contributed by atoms with Crippen molar-refractivity contribution in [2.45, 2.75) is 70.1 Å². The molecule has 1 aromatic rings. The molecular formula is C20H28Cl2N2O2. The number of likely N-dealkylation sites (tertiary alicyclic amines) is 1. The van der Waals surface area contributed by atoms with Gasteiger partial charge in [0.25, 0.3) is 0 Å². The molecule has 2 aliphatic rings. The van der Waals surface area contributed by atoms with Gasteiger partial charge in [-0.2, -0.15) is 0 Å². The predicted molar refractivity (Wildman–Crippen MR) is 107 cm³/mol. The van der Waals surface area contributed by atoms with Gasteiger partial charge in [-0.1, -0.05) is 42.5 Å². The number of amides is 1. The van der Waals surface area contributed by atoms with Crippen LogP contribution in [0.4, 0.5) is 5.69 Å². The fourth-order valence-electron chi connectivity index (χ4n) is 3.87. The maximum Gasteiger partial charge on any atom is 0.241 e. The van der Waals surface area contributed by atoms with Gasteiger partial charge in [-0.05, 0) is 50.8 Å². The highest BCUT2D eigenvalue weighted by atomic mass is 35.5. The minimum atomic E-state index is -0.197. The van der Waals surface area contributed by atoms with Crippen molar-refractivity contribution in [3.8, 4) is 0 Å². The second-order valence-corrected chi connectivity index (χ2v) is 8.26. The Hall–Kier alpha value is -0.810. The molecule has 0 radical (unpaired) electrons. The number of hydrogen-bond acceptors (Lipinski definition) is 3. The third-order valence-corrected chi connectivity index (χ3v) is 6.08. The molecule has 1 saturated heterocycles. The molecule has 1 N–H and O–H groups in total. The first-order valence-corrected chi connectivity index (χ1v) is 10.4. The molecule has 26 heavy (non-hydrogen) atoms. The molecule has 2 fully saturated rings. The molecule has 0 bridgehead atoms. The Labute approximate surface area is 166 Å². The zero-order chi connectivity index (χ0) is 18.5. The maximum atomic E-state index is 12.6. The Morgan fingerprint density at radius 2 is 1.77 bits per heavy atom. The number of nitrogens with zero attached hydrogens (tertiary/aromatic N) is 1. The Bertz CT molecular complexity index is 612. The number of halogens is 2. The smallest absolute Gasteiger partial charge is 0.241 e. The van der Waals surface area contributed by atoms with Gasteiger partial charge in [-0.3, -0.25) is 9.69 Å². The highest BCUT2D eigenvalue weighted by molar-refractivity contribution is 6.36. The van der Waals surface area contributed by atoms with Gasteiger partial charge in [-0.25, -0.2) is 0 Å². The van der Waals surface area contributed by atoms with Crippen molar-refractivity contribution in [3.05, 3.63) is 28.2 Å². The van der Waals surface area contributed by atoms with Crippen LogP contribution in [0.5, 0.6) is 0 Å². The number of carbonyl (C=O) groups excluding carboxylic acids is 1. The normalized spacial score (nSPS) is 21.5. The number of hydrogen-bond donors (Lipinski definition) is 1. The fraction of sp³-hybridized carbons (Fsp3) is 0.650. The second-order valence-electron chi connectivity index (χ2n) is 7.42. The monoisotopic (exact) mass is 398 g/mol. The number of ether oxygens (including phenoxy) is 1. The largest absolute Gasteiger partial charge is 0.375 e. The molecule has 1 aromatic carbocycles. The molecular weight excluding hydrogens is 371 g/mol. The van der Waals surface area contributed by atoms with Gasteiger partial charge in [0.2, 0.25) is 5.91 Å². The first-order valence-electron chi connectivity index (χ1n) is 9.68. The van der Waals surface area contributed by atoms with E-state index in [2.05, 4.69) is 10.2 Å². The van der Waals surface area contributed by atoms with E-state index in [4.69, 9.17) is 27.9 Å². The second kappa shape index (κ2) is 9.41. The number of piperidine rings is 1. The molecule has 1 unspecified atom stereocenters. The van der Waals surface area contributed by atoms with Gasteiger partial charge in [-0.15, -0.1) is 0 Å². The van der Waals surface area contributed by atoms with Crippen molar-refractivity contribution in [1.29, 1.82) is 0 Å². The first-order chi connectivity index (χ1) is 12.5. The Morgan fingerprint density at radius 3 is 2.42 bits per heavy atom. The van der Waals surface area contributed by atoms with E-state index in [1.165, 1.54) is 32.1 Å². The fourth-order valence-corrected chi connectivity index (χ4v) is 4.32. The van der Waals surface area contributed by atoms with Crippen molar-refractivity contribution in [1.82, 2.24) is 4.90 Å². The van der Waals surface area contributed by atoms with Gasteiger partial charge < -0.3 is 10.1 Å². The zero-order valence-corrected chi connectivity index (χ0v) is 16.9. The average Bonchev–Trinajstić information content (AvgIpc) is 2.65. The molecule has 1 saturated carbocycles. The van der Waals surface area contributed by atoms with Crippen LogP contribution in [0.3, 0.4) is 0 Å². The van der Waals surface area contributed by atoms with E-state index in [1.807, 2.05) is 6.92 Å². The topological polar surface area (TPSA) is 41.6 Å². The molecule has 1 aliphatic heterocycles. The number of rotatable bonds is 5. The van der Waals surface area contributed by atoms with Crippen LogP contribution in [0.1, 0.15) is 51.9 Å². The van der Waals surface area contributed by atoms with E-state index in [0.717, 1.165) is 25.9 Å². The molecule has 0 aromatic heterocycles. The van der Waals surface area contributed by atoms with Crippen LogP contribution in [-0.2, 0) is 9.53 Å². The number of nitrogens with one attached hydrogen (secondary N) is 1. The van der Waals surface area contributed by atoms with Crippen LogP contribution in [0.2, 0.25) is 10.0 Å². The molecule has 3 rings (SSSR count). The molecule has 1 aliphatic carbocycles. The van der Waals surface area contributed by atoms with Crippen LogP contribution in [0.15, 0.2) is 18.2 Å². The summed E-state index contributed by atoms with van der Waals surface area (Å²) in [5.74, 6) is -0.0409. The highest BCUT2D eigenvalue weighted by Gasteiger charge is 2.29. The van der Waals surface area contributed by atoms with E-state index in [-0.39, 0.29) is 11.9 Å². The molecule has 0 spiro atoms. The van der Waals surface area contributed by atoms with Gasteiger partial charge in [0, 0.05) is 18.1 Å². The summed E-state index contributed by atoms with van der Waals surface area (Å²) in [5.41, 5.74) is 0.600. The third kappa shape index (κ3) is 5.35. The van der Waals surface area contributed by atoms with Gasteiger partial charge in [0.15, 0.2) is 0 Å². The number of anilines is 1. The van der Waals surface area contributed by atoms with Crippen molar-refractivity contribution < 1.29 is 9.53 Å². The quantitative estimate of drug-likeness (QED) is 0.746. The number of carbonyl (C=O) groups is 1. The first kappa shape index (κ1) is 19.9. The minimum absolute atomic E-state index is 0.0409.